The van der Waals surface area contributed by atoms with Crippen LogP contribution in [0.25, 0.3) is 0 Å². The molecule has 3 heteroatoms. The van der Waals surface area contributed by atoms with Crippen molar-refractivity contribution in [2.75, 3.05) is 6.54 Å². The van der Waals surface area contributed by atoms with E-state index in [0.29, 0.717) is 0 Å². The molecular formula is C8H9NO2. The van der Waals surface area contributed by atoms with Crippen molar-refractivity contribution in [3.8, 4) is 0 Å². The van der Waals surface area contributed by atoms with Gasteiger partial charge in [-0.15, -0.1) is 0 Å². The maximum Gasteiger partial charge on any atom is 0.213 e. The molecule has 0 aromatic rings. The second-order valence-electron chi connectivity index (χ2n) is 2.33. The first kappa shape index (κ1) is 7.72. The van der Waals surface area contributed by atoms with Gasteiger partial charge in [-0.3, -0.25) is 10.1 Å². The molecule has 1 rings (SSSR count). The van der Waals surface area contributed by atoms with Crippen molar-refractivity contribution in [2.24, 2.45) is 5.92 Å². The Balaban J connectivity index is 2.53. The monoisotopic (exact) mass is 151 g/mol. The van der Waals surface area contributed by atoms with Crippen molar-refractivity contribution in [3.05, 3.63) is 46.6 Å². The topological polar surface area (TPSA) is 43.1 Å². The lowest BCUT2D eigenvalue weighted by atomic mass is 10.1. The molecule has 11 heavy (non-hydrogen) atoms. The zero-order valence-electron chi connectivity index (χ0n) is 6.01. The fourth-order valence-corrected chi connectivity index (χ4v) is 0.900. The van der Waals surface area contributed by atoms with Gasteiger partial charge in [-0.05, 0) is 0 Å². The SMILES string of the molecule is O=[N+]([O-])CC1C=CC=CC=C1. The van der Waals surface area contributed by atoms with Crippen molar-refractivity contribution in [1.29, 1.82) is 0 Å². The first-order valence-corrected chi connectivity index (χ1v) is 3.42. The van der Waals surface area contributed by atoms with Crippen LogP contribution < -0.4 is 0 Å². The molecule has 0 N–H and O–H groups in total. The van der Waals surface area contributed by atoms with Crippen LogP contribution >= 0.6 is 0 Å². The average molecular weight is 151 g/mol. The van der Waals surface area contributed by atoms with E-state index >= 15 is 0 Å². The summed E-state index contributed by atoms with van der Waals surface area (Å²) in [5, 5.41) is 10.1. The van der Waals surface area contributed by atoms with Crippen LogP contribution in [0.15, 0.2) is 36.5 Å². The Morgan fingerprint density at radius 1 is 1.18 bits per heavy atom. The van der Waals surface area contributed by atoms with Gasteiger partial charge in [0, 0.05) is 4.92 Å². The third-order valence-electron chi connectivity index (χ3n) is 1.41. The summed E-state index contributed by atoms with van der Waals surface area (Å²) in [6.45, 7) is -0.0192. The molecule has 0 aliphatic heterocycles. The van der Waals surface area contributed by atoms with Crippen LogP contribution in [0.5, 0.6) is 0 Å². The van der Waals surface area contributed by atoms with Crippen LogP contribution in [-0.2, 0) is 0 Å². The molecule has 0 bridgehead atoms. The molecule has 0 saturated carbocycles. The highest BCUT2D eigenvalue weighted by atomic mass is 16.6. The zero-order valence-corrected chi connectivity index (χ0v) is 6.01. The first-order chi connectivity index (χ1) is 5.29. The summed E-state index contributed by atoms with van der Waals surface area (Å²) in [6.07, 6.45) is 11.0. The Bertz CT molecular complexity index is 212. The predicted molar refractivity (Wildman–Crippen MR) is 42.8 cm³/mol. The highest BCUT2D eigenvalue weighted by Gasteiger charge is 2.07. The highest BCUT2D eigenvalue weighted by Crippen LogP contribution is 2.05. The van der Waals surface area contributed by atoms with Gasteiger partial charge >= 0.3 is 0 Å². The van der Waals surface area contributed by atoms with Crippen LogP contribution in [0, 0.1) is 16.0 Å². The molecule has 0 radical (unpaired) electrons. The van der Waals surface area contributed by atoms with Crippen LogP contribution in [0.1, 0.15) is 0 Å². The first-order valence-electron chi connectivity index (χ1n) is 3.42. The fraction of sp³-hybridized carbons (Fsp3) is 0.250. The molecule has 3 nitrogen and oxygen atoms in total. The van der Waals surface area contributed by atoms with Crippen molar-refractivity contribution in [1.82, 2.24) is 0 Å². The van der Waals surface area contributed by atoms with Gasteiger partial charge in [-0.25, -0.2) is 0 Å². The Kier molecular flexibility index (Phi) is 2.60. The maximum absolute atomic E-state index is 10.1. The van der Waals surface area contributed by atoms with Gasteiger partial charge in [0.2, 0.25) is 6.54 Å². The molecule has 58 valence electrons. The van der Waals surface area contributed by atoms with E-state index in [4.69, 9.17) is 0 Å². The molecule has 0 spiro atoms. The third-order valence-corrected chi connectivity index (χ3v) is 1.41. The predicted octanol–water partition coefficient (Wildman–Crippen LogP) is 1.56. The van der Waals surface area contributed by atoms with E-state index in [1.165, 1.54) is 0 Å². The second kappa shape index (κ2) is 3.71. The molecule has 1 aliphatic carbocycles. The van der Waals surface area contributed by atoms with Crippen LogP contribution in [-0.4, -0.2) is 11.5 Å². The summed E-state index contributed by atoms with van der Waals surface area (Å²) in [6, 6.07) is 0. The minimum Gasteiger partial charge on any atom is -0.265 e. The Morgan fingerprint density at radius 2 is 1.73 bits per heavy atom. The number of hydrogen-bond acceptors (Lipinski definition) is 2. The van der Waals surface area contributed by atoms with E-state index in [2.05, 4.69) is 0 Å². The normalized spacial score (nSPS) is 16.7. The molecule has 0 atom stereocenters. The number of rotatable bonds is 2. The second-order valence-corrected chi connectivity index (χ2v) is 2.33. The summed E-state index contributed by atoms with van der Waals surface area (Å²) in [4.78, 5) is 9.80. The quantitative estimate of drug-likeness (QED) is 0.444. The minimum absolute atomic E-state index is 0.0192. The van der Waals surface area contributed by atoms with E-state index in [-0.39, 0.29) is 17.4 Å². The molecule has 0 amide bonds. The molecular weight excluding hydrogens is 142 g/mol. The molecule has 1 aliphatic rings. The summed E-state index contributed by atoms with van der Waals surface area (Å²) in [7, 11) is 0. The number of nitrogens with zero attached hydrogens (tertiary/aromatic N) is 1. The molecule has 0 fully saturated rings. The fourth-order valence-electron chi connectivity index (χ4n) is 0.900. The van der Waals surface area contributed by atoms with Crippen molar-refractivity contribution >= 4 is 0 Å². The zero-order chi connectivity index (χ0) is 8.10. The van der Waals surface area contributed by atoms with Gasteiger partial charge in [-0.2, -0.15) is 0 Å². The van der Waals surface area contributed by atoms with Gasteiger partial charge in [0.25, 0.3) is 0 Å². The van der Waals surface area contributed by atoms with Gasteiger partial charge in [0.05, 0.1) is 5.92 Å². The van der Waals surface area contributed by atoms with E-state index in [0.717, 1.165) is 0 Å². The molecule has 0 saturated heterocycles. The Hall–Kier alpha value is -1.38. The largest absolute Gasteiger partial charge is 0.265 e. The van der Waals surface area contributed by atoms with Gasteiger partial charge in [0.15, 0.2) is 0 Å². The molecule has 0 heterocycles. The van der Waals surface area contributed by atoms with Gasteiger partial charge in [0.1, 0.15) is 0 Å². The standard InChI is InChI=1S/C8H9NO2/c10-9(11)7-8-5-3-1-2-4-6-8/h1-6,8H,7H2. The van der Waals surface area contributed by atoms with E-state index in [9.17, 15) is 10.1 Å². The Labute approximate surface area is 64.9 Å². The summed E-state index contributed by atoms with van der Waals surface area (Å²) >= 11 is 0. The summed E-state index contributed by atoms with van der Waals surface area (Å²) in [5.41, 5.74) is 0. The van der Waals surface area contributed by atoms with Crippen LogP contribution in [0.4, 0.5) is 0 Å². The smallest absolute Gasteiger partial charge is 0.213 e. The van der Waals surface area contributed by atoms with E-state index in [1.807, 2.05) is 36.5 Å². The highest BCUT2D eigenvalue weighted by molar-refractivity contribution is 5.19. The molecule has 0 aromatic carbocycles. The minimum atomic E-state index is -0.301. The summed E-state index contributed by atoms with van der Waals surface area (Å²) in [5.74, 6) is -0.0556. The lowest BCUT2D eigenvalue weighted by molar-refractivity contribution is -0.483. The van der Waals surface area contributed by atoms with Gasteiger partial charge in [-0.1, -0.05) is 36.5 Å². The summed E-state index contributed by atoms with van der Waals surface area (Å²) < 4.78 is 0. The number of hydrogen-bond donors (Lipinski definition) is 0. The van der Waals surface area contributed by atoms with E-state index < -0.39 is 0 Å². The maximum atomic E-state index is 10.1. The lowest BCUT2D eigenvalue weighted by Gasteiger charge is -1.98. The van der Waals surface area contributed by atoms with E-state index in [1.54, 1.807) is 0 Å². The number of allylic oxidation sites excluding steroid dienone is 4. The van der Waals surface area contributed by atoms with Crippen molar-refractivity contribution in [3.63, 3.8) is 0 Å². The lowest BCUT2D eigenvalue weighted by Crippen LogP contribution is -2.09. The van der Waals surface area contributed by atoms with Gasteiger partial charge < -0.3 is 0 Å². The van der Waals surface area contributed by atoms with Crippen molar-refractivity contribution < 1.29 is 4.92 Å². The van der Waals surface area contributed by atoms with Crippen LogP contribution in [0.2, 0.25) is 0 Å². The van der Waals surface area contributed by atoms with Crippen LogP contribution in [0.3, 0.4) is 0 Å². The number of nitro groups is 1. The Morgan fingerprint density at radius 3 is 2.18 bits per heavy atom. The van der Waals surface area contributed by atoms with Crippen molar-refractivity contribution in [2.45, 2.75) is 0 Å². The molecule has 0 unspecified atom stereocenters. The average Bonchev–Trinajstić information content (AvgIpc) is 2.14. The third kappa shape index (κ3) is 2.80. The molecule has 0 aromatic heterocycles.